The molecule has 0 bridgehead atoms. The molecule has 0 aliphatic carbocycles. The molecule has 0 saturated heterocycles. The number of carbonyl (C=O) groups is 2. The minimum Gasteiger partial charge on any atom is -0.368 e. The molecule has 0 saturated carbocycles. The Kier molecular flexibility index (Phi) is 5.69. The fourth-order valence-electron chi connectivity index (χ4n) is 2.76. The van der Waals surface area contributed by atoms with Crippen molar-refractivity contribution in [1.82, 2.24) is 5.32 Å². The topological polar surface area (TPSA) is 72.2 Å². The lowest BCUT2D eigenvalue weighted by Gasteiger charge is -2.19. The second-order valence-corrected chi connectivity index (χ2v) is 6.05. The van der Waals surface area contributed by atoms with E-state index in [4.69, 9.17) is 5.73 Å². The molecule has 0 radical (unpaired) electrons. The third-order valence-corrected chi connectivity index (χ3v) is 4.18. The summed E-state index contributed by atoms with van der Waals surface area (Å²) in [6, 6.07) is 8.84. The molecule has 2 aromatic carbocycles. The summed E-state index contributed by atoms with van der Waals surface area (Å²) in [6.45, 7) is 3.70. The van der Waals surface area contributed by atoms with Crippen LogP contribution >= 0.6 is 0 Å². The molecular formula is C19H19F3N2O2. The molecule has 0 unspecified atom stereocenters. The van der Waals surface area contributed by atoms with Crippen molar-refractivity contribution in [2.45, 2.75) is 32.5 Å². The highest BCUT2D eigenvalue weighted by atomic mass is 19.4. The van der Waals surface area contributed by atoms with Crippen LogP contribution in [0.5, 0.6) is 0 Å². The van der Waals surface area contributed by atoms with Crippen LogP contribution in [-0.4, -0.2) is 17.9 Å². The zero-order valence-electron chi connectivity index (χ0n) is 14.4. The Morgan fingerprint density at radius 3 is 2.15 bits per heavy atom. The monoisotopic (exact) mass is 364 g/mol. The average molecular weight is 364 g/mol. The van der Waals surface area contributed by atoms with Crippen molar-refractivity contribution in [1.29, 1.82) is 0 Å². The number of carbonyl (C=O) groups excluding carboxylic acids is 2. The van der Waals surface area contributed by atoms with Crippen LogP contribution in [0.2, 0.25) is 0 Å². The van der Waals surface area contributed by atoms with E-state index >= 15 is 0 Å². The van der Waals surface area contributed by atoms with E-state index in [0.29, 0.717) is 0 Å². The normalized spacial score (nSPS) is 12.5. The number of alkyl halides is 3. The summed E-state index contributed by atoms with van der Waals surface area (Å²) in [7, 11) is 0. The van der Waals surface area contributed by atoms with E-state index in [1.165, 1.54) is 12.1 Å². The van der Waals surface area contributed by atoms with Gasteiger partial charge in [-0.05, 0) is 42.7 Å². The van der Waals surface area contributed by atoms with Crippen LogP contribution in [0.3, 0.4) is 0 Å². The summed E-state index contributed by atoms with van der Waals surface area (Å²) in [6.07, 6.45) is -4.57. The molecule has 0 spiro atoms. The van der Waals surface area contributed by atoms with Gasteiger partial charge in [-0.15, -0.1) is 0 Å². The summed E-state index contributed by atoms with van der Waals surface area (Å²) < 4.78 is 39.3. The van der Waals surface area contributed by atoms with Crippen LogP contribution in [-0.2, 0) is 17.4 Å². The maximum atomic E-state index is 13.1. The molecule has 0 fully saturated rings. The van der Waals surface area contributed by atoms with Gasteiger partial charge in [-0.2, -0.15) is 13.2 Å². The Balaban J connectivity index is 2.29. The first-order valence-corrected chi connectivity index (χ1v) is 7.92. The fourth-order valence-corrected chi connectivity index (χ4v) is 2.76. The molecule has 0 aromatic heterocycles. The molecule has 2 amide bonds. The zero-order chi connectivity index (χ0) is 19.5. The highest BCUT2D eigenvalue weighted by Crippen LogP contribution is 2.31. The molecular weight excluding hydrogens is 345 g/mol. The molecule has 4 nitrogen and oxygen atoms in total. The van der Waals surface area contributed by atoms with Gasteiger partial charge in [0.2, 0.25) is 5.91 Å². The number of benzene rings is 2. The minimum atomic E-state index is -4.68. The number of aryl methyl sites for hydroxylation is 2. The van der Waals surface area contributed by atoms with E-state index in [0.717, 1.165) is 28.8 Å². The third-order valence-electron chi connectivity index (χ3n) is 4.18. The van der Waals surface area contributed by atoms with Crippen molar-refractivity contribution in [2.24, 2.45) is 5.73 Å². The summed E-state index contributed by atoms with van der Waals surface area (Å²) in [5.41, 5.74) is 6.38. The second-order valence-electron chi connectivity index (χ2n) is 6.05. The van der Waals surface area contributed by atoms with E-state index in [1.807, 2.05) is 32.0 Å². The standard InChI is InChI=1S/C19H19F3N2O2/c1-11-6-5-7-12(2)14(11)10-16(17(23)25)24-18(26)13-8-3-4-9-15(13)19(20,21)22/h3-9,16H,10H2,1-2H3,(H2,23,25)(H,24,26)/t16-/m0/s1. The van der Waals surface area contributed by atoms with Crippen LogP contribution in [0, 0.1) is 13.8 Å². The molecule has 2 aromatic rings. The Labute approximate surface area is 149 Å². The number of halogens is 3. The smallest absolute Gasteiger partial charge is 0.368 e. The van der Waals surface area contributed by atoms with Gasteiger partial charge < -0.3 is 11.1 Å². The largest absolute Gasteiger partial charge is 0.417 e. The number of nitrogens with two attached hydrogens (primary N) is 1. The van der Waals surface area contributed by atoms with E-state index in [1.54, 1.807) is 0 Å². The first-order chi connectivity index (χ1) is 12.1. The van der Waals surface area contributed by atoms with E-state index in [9.17, 15) is 22.8 Å². The summed E-state index contributed by atoms with van der Waals surface area (Å²) in [5, 5.41) is 2.33. The lowest BCUT2D eigenvalue weighted by Crippen LogP contribution is -2.46. The Morgan fingerprint density at radius 1 is 1.04 bits per heavy atom. The van der Waals surface area contributed by atoms with E-state index in [2.05, 4.69) is 5.32 Å². The van der Waals surface area contributed by atoms with E-state index in [-0.39, 0.29) is 6.42 Å². The van der Waals surface area contributed by atoms with Crippen molar-refractivity contribution in [3.05, 3.63) is 70.3 Å². The van der Waals surface area contributed by atoms with Crippen LogP contribution in [0.4, 0.5) is 13.2 Å². The minimum absolute atomic E-state index is 0.105. The van der Waals surface area contributed by atoms with Crippen LogP contribution in [0.25, 0.3) is 0 Å². The molecule has 1 atom stereocenters. The molecule has 26 heavy (non-hydrogen) atoms. The van der Waals surface area contributed by atoms with Crippen LogP contribution in [0.15, 0.2) is 42.5 Å². The predicted molar refractivity (Wildman–Crippen MR) is 91.5 cm³/mol. The summed E-state index contributed by atoms with van der Waals surface area (Å²) >= 11 is 0. The molecule has 138 valence electrons. The lowest BCUT2D eigenvalue weighted by atomic mass is 9.95. The Morgan fingerprint density at radius 2 is 1.62 bits per heavy atom. The van der Waals surface area contributed by atoms with Gasteiger partial charge in [0.1, 0.15) is 6.04 Å². The molecule has 7 heteroatoms. The van der Waals surface area contributed by atoms with Crippen molar-refractivity contribution in [3.8, 4) is 0 Å². The van der Waals surface area contributed by atoms with Gasteiger partial charge in [-0.3, -0.25) is 9.59 Å². The van der Waals surface area contributed by atoms with Crippen LogP contribution in [0.1, 0.15) is 32.6 Å². The molecule has 0 aliphatic rings. The number of primary amides is 1. The maximum absolute atomic E-state index is 13.1. The van der Waals surface area contributed by atoms with Crippen molar-refractivity contribution < 1.29 is 22.8 Å². The maximum Gasteiger partial charge on any atom is 0.417 e. The van der Waals surface area contributed by atoms with Gasteiger partial charge in [0.15, 0.2) is 0 Å². The van der Waals surface area contributed by atoms with Crippen molar-refractivity contribution in [3.63, 3.8) is 0 Å². The summed E-state index contributed by atoms with van der Waals surface area (Å²) in [4.78, 5) is 24.1. The average Bonchev–Trinajstić information content (AvgIpc) is 2.56. The molecule has 0 heterocycles. The molecule has 2 rings (SSSR count). The van der Waals surface area contributed by atoms with Crippen molar-refractivity contribution >= 4 is 11.8 Å². The first kappa shape index (κ1) is 19.5. The number of hydrogen-bond acceptors (Lipinski definition) is 2. The quantitative estimate of drug-likeness (QED) is 0.856. The first-order valence-electron chi connectivity index (χ1n) is 7.92. The molecule has 3 N–H and O–H groups in total. The Hall–Kier alpha value is -2.83. The fraction of sp³-hybridized carbons (Fsp3) is 0.263. The Bertz CT molecular complexity index is 812. The predicted octanol–water partition coefficient (Wildman–Crippen LogP) is 3.15. The van der Waals surface area contributed by atoms with Gasteiger partial charge in [0.25, 0.3) is 5.91 Å². The van der Waals surface area contributed by atoms with Gasteiger partial charge in [0, 0.05) is 6.42 Å². The zero-order valence-corrected chi connectivity index (χ0v) is 14.4. The highest BCUT2D eigenvalue weighted by Gasteiger charge is 2.35. The van der Waals surface area contributed by atoms with Gasteiger partial charge >= 0.3 is 6.18 Å². The SMILES string of the molecule is Cc1cccc(C)c1C[C@H](NC(=O)c1ccccc1C(F)(F)F)C(N)=O. The van der Waals surface area contributed by atoms with E-state index < -0.39 is 35.2 Å². The number of nitrogens with one attached hydrogen (secondary N) is 1. The second kappa shape index (κ2) is 7.59. The number of amides is 2. The third kappa shape index (κ3) is 4.41. The molecule has 0 aliphatic heterocycles. The van der Waals surface area contributed by atoms with Crippen LogP contribution < -0.4 is 11.1 Å². The number of hydrogen-bond donors (Lipinski definition) is 2. The lowest BCUT2D eigenvalue weighted by molar-refractivity contribution is -0.137. The van der Waals surface area contributed by atoms with Gasteiger partial charge in [-0.1, -0.05) is 30.3 Å². The van der Waals surface area contributed by atoms with Gasteiger partial charge in [0.05, 0.1) is 11.1 Å². The summed E-state index contributed by atoms with van der Waals surface area (Å²) in [5.74, 6) is -1.81. The van der Waals surface area contributed by atoms with Gasteiger partial charge in [-0.25, -0.2) is 0 Å². The number of rotatable bonds is 5. The highest BCUT2D eigenvalue weighted by molar-refractivity contribution is 5.98. The van der Waals surface area contributed by atoms with Crippen molar-refractivity contribution in [2.75, 3.05) is 0 Å².